The first kappa shape index (κ1) is 13.6. The first-order valence-electron chi connectivity index (χ1n) is 8.47. The second-order valence-corrected chi connectivity index (χ2v) is 6.72. The van der Waals surface area contributed by atoms with Crippen molar-refractivity contribution in [1.29, 1.82) is 0 Å². The maximum absolute atomic E-state index is 2.37. The lowest BCUT2D eigenvalue weighted by atomic mass is 9.89. The Bertz CT molecular complexity index is 1260. The van der Waals surface area contributed by atoms with Gasteiger partial charge in [0.1, 0.15) is 0 Å². The Hall–Kier alpha value is -2.86. The average molecular weight is 306 g/mol. The topological polar surface area (TPSA) is 0 Å². The SMILES string of the molecule is Cc1ccc2c3ccccc3c3cc4ccccc4cc3c2c1C. The largest absolute Gasteiger partial charge is 0.0616 e. The van der Waals surface area contributed by atoms with Crippen LogP contribution in [0.15, 0.2) is 72.8 Å². The smallest absolute Gasteiger partial charge is 0.00668 e. The molecule has 0 atom stereocenters. The molecular formula is C24H18. The van der Waals surface area contributed by atoms with Crippen molar-refractivity contribution in [2.75, 3.05) is 0 Å². The van der Waals surface area contributed by atoms with Crippen molar-refractivity contribution in [2.45, 2.75) is 13.8 Å². The third kappa shape index (κ3) is 1.74. The first-order valence-corrected chi connectivity index (χ1v) is 8.47. The minimum Gasteiger partial charge on any atom is -0.0616 e. The predicted molar refractivity (Wildman–Crippen MR) is 106 cm³/mol. The van der Waals surface area contributed by atoms with Crippen molar-refractivity contribution in [3.05, 3.63) is 83.9 Å². The van der Waals surface area contributed by atoms with E-state index in [2.05, 4.69) is 86.6 Å². The maximum atomic E-state index is 2.37. The first-order chi connectivity index (χ1) is 11.7. The summed E-state index contributed by atoms with van der Waals surface area (Å²) in [6.07, 6.45) is 0. The average Bonchev–Trinajstić information content (AvgIpc) is 2.63. The highest BCUT2D eigenvalue weighted by molar-refractivity contribution is 6.28. The van der Waals surface area contributed by atoms with E-state index in [1.165, 1.54) is 54.2 Å². The van der Waals surface area contributed by atoms with Gasteiger partial charge in [-0.15, -0.1) is 0 Å². The van der Waals surface area contributed by atoms with Crippen LogP contribution in [0.3, 0.4) is 0 Å². The molecule has 0 radical (unpaired) electrons. The molecule has 5 aromatic rings. The minimum atomic E-state index is 1.31. The highest BCUT2D eigenvalue weighted by Crippen LogP contribution is 2.39. The van der Waals surface area contributed by atoms with Crippen molar-refractivity contribution in [3.63, 3.8) is 0 Å². The predicted octanol–water partition coefficient (Wildman–Crippen LogP) is 6.92. The second kappa shape index (κ2) is 4.82. The van der Waals surface area contributed by atoms with Crippen LogP contribution in [0, 0.1) is 13.8 Å². The molecule has 0 spiro atoms. The Morgan fingerprint density at radius 1 is 0.500 bits per heavy atom. The number of hydrogen-bond donors (Lipinski definition) is 0. The fraction of sp³-hybridized carbons (Fsp3) is 0.0833. The molecule has 0 unspecified atom stereocenters. The van der Waals surface area contributed by atoms with Crippen LogP contribution in [0.5, 0.6) is 0 Å². The van der Waals surface area contributed by atoms with Crippen LogP contribution in [-0.4, -0.2) is 0 Å². The highest BCUT2D eigenvalue weighted by atomic mass is 14.2. The van der Waals surface area contributed by atoms with Gasteiger partial charge in [0.15, 0.2) is 0 Å². The molecule has 0 bridgehead atoms. The van der Waals surface area contributed by atoms with Gasteiger partial charge < -0.3 is 0 Å². The zero-order chi connectivity index (χ0) is 16.3. The number of benzene rings is 5. The van der Waals surface area contributed by atoms with Gasteiger partial charge in [0.05, 0.1) is 0 Å². The molecule has 0 N–H and O–H groups in total. The summed E-state index contributed by atoms with van der Waals surface area (Å²) >= 11 is 0. The zero-order valence-electron chi connectivity index (χ0n) is 13.9. The summed E-state index contributed by atoms with van der Waals surface area (Å²) in [5, 5.41) is 10.8. The lowest BCUT2D eigenvalue weighted by molar-refractivity contribution is 1.39. The third-order valence-electron chi connectivity index (χ3n) is 5.40. The third-order valence-corrected chi connectivity index (χ3v) is 5.40. The number of rotatable bonds is 0. The summed E-state index contributed by atoms with van der Waals surface area (Å²) < 4.78 is 0. The molecule has 0 amide bonds. The van der Waals surface area contributed by atoms with E-state index in [0.717, 1.165) is 0 Å². The second-order valence-electron chi connectivity index (χ2n) is 6.72. The van der Waals surface area contributed by atoms with Crippen molar-refractivity contribution in [1.82, 2.24) is 0 Å². The Labute approximate surface area is 141 Å². The zero-order valence-corrected chi connectivity index (χ0v) is 13.9. The summed E-state index contributed by atoms with van der Waals surface area (Å²) in [5.41, 5.74) is 2.74. The molecule has 0 aromatic heterocycles. The van der Waals surface area contributed by atoms with Crippen molar-refractivity contribution < 1.29 is 0 Å². The fourth-order valence-electron chi connectivity index (χ4n) is 4.01. The molecular weight excluding hydrogens is 288 g/mol. The van der Waals surface area contributed by atoms with E-state index in [0.29, 0.717) is 0 Å². The van der Waals surface area contributed by atoms with Crippen molar-refractivity contribution >= 4 is 43.1 Å². The fourth-order valence-corrected chi connectivity index (χ4v) is 4.01. The van der Waals surface area contributed by atoms with Crippen LogP contribution in [0.1, 0.15) is 11.1 Å². The lowest BCUT2D eigenvalue weighted by Gasteiger charge is -2.15. The van der Waals surface area contributed by atoms with E-state index in [9.17, 15) is 0 Å². The molecule has 0 heteroatoms. The highest BCUT2D eigenvalue weighted by Gasteiger charge is 2.12. The molecule has 5 rings (SSSR count). The van der Waals surface area contributed by atoms with Crippen LogP contribution in [-0.2, 0) is 0 Å². The van der Waals surface area contributed by atoms with Crippen LogP contribution in [0.25, 0.3) is 43.1 Å². The maximum Gasteiger partial charge on any atom is -0.00668 e. The van der Waals surface area contributed by atoms with Crippen molar-refractivity contribution in [2.24, 2.45) is 0 Å². The summed E-state index contributed by atoms with van der Waals surface area (Å²) in [6.45, 7) is 4.46. The lowest BCUT2D eigenvalue weighted by Crippen LogP contribution is -1.89. The van der Waals surface area contributed by atoms with Gasteiger partial charge in [-0.3, -0.25) is 0 Å². The summed E-state index contributed by atoms with van der Waals surface area (Å²) in [5.74, 6) is 0. The van der Waals surface area contributed by atoms with Crippen LogP contribution >= 0.6 is 0 Å². The Morgan fingerprint density at radius 3 is 1.79 bits per heavy atom. The van der Waals surface area contributed by atoms with Gasteiger partial charge in [-0.05, 0) is 80.2 Å². The molecule has 24 heavy (non-hydrogen) atoms. The molecule has 0 heterocycles. The van der Waals surface area contributed by atoms with E-state index in [1.807, 2.05) is 0 Å². The number of hydrogen-bond acceptors (Lipinski definition) is 0. The quantitative estimate of drug-likeness (QED) is 0.215. The summed E-state index contributed by atoms with van der Waals surface area (Å²) in [6, 6.07) is 26.7. The molecule has 0 aliphatic carbocycles. The van der Waals surface area contributed by atoms with Crippen LogP contribution in [0.4, 0.5) is 0 Å². The molecule has 0 aliphatic heterocycles. The molecule has 0 fully saturated rings. The molecule has 0 saturated carbocycles. The van der Waals surface area contributed by atoms with Crippen LogP contribution < -0.4 is 0 Å². The van der Waals surface area contributed by atoms with Gasteiger partial charge in [-0.25, -0.2) is 0 Å². The standard InChI is InChI=1S/C24H18/c1-15-11-12-21-19-9-5-6-10-20(19)22-13-17-7-3-4-8-18(17)14-23(22)24(21)16(15)2/h3-14H,1-2H3. The molecule has 0 nitrogen and oxygen atoms in total. The van der Waals surface area contributed by atoms with E-state index in [-0.39, 0.29) is 0 Å². The van der Waals surface area contributed by atoms with Crippen molar-refractivity contribution in [3.8, 4) is 0 Å². The molecule has 114 valence electrons. The molecule has 0 saturated heterocycles. The monoisotopic (exact) mass is 306 g/mol. The van der Waals surface area contributed by atoms with Gasteiger partial charge >= 0.3 is 0 Å². The summed E-state index contributed by atoms with van der Waals surface area (Å²) in [4.78, 5) is 0. The Kier molecular flexibility index (Phi) is 2.72. The van der Waals surface area contributed by atoms with Gasteiger partial charge in [0.2, 0.25) is 0 Å². The normalized spacial score (nSPS) is 11.8. The van der Waals surface area contributed by atoms with Gasteiger partial charge in [0, 0.05) is 0 Å². The van der Waals surface area contributed by atoms with E-state index < -0.39 is 0 Å². The van der Waals surface area contributed by atoms with E-state index >= 15 is 0 Å². The Morgan fingerprint density at radius 2 is 1.08 bits per heavy atom. The molecule has 5 aromatic carbocycles. The van der Waals surface area contributed by atoms with Gasteiger partial charge in [-0.1, -0.05) is 60.7 Å². The van der Waals surface area contributed by atoms with Gasteiger partial charge in [0.25, 0.3) is 0 Å². The Balaban J connectivity index is 2.19. The van der Waals surface area contributed by atoms with Gasteiger partial charge in [-0.2, -0.15) is 0 Å². The van der Waals surface area contributed by atoms with Crippen LogP contribution in [0.2, 0.25) is 0 Å². The molecule has 0 aliphatic rings. The van der Waals surface area contributed by atoms with E-state index in [4.69, 9.17) is 0 Å². The van der Waals surface area contributed by atoms with E-state index in [1.54, 1.807) is 0 Å². The number of fused-ring (bicyclic) bond motifs is 7. The minimum absolute atomic E-state index is 1.31. The number of aryl methyl sites for hydroxylation is 2. The summed E-state index contributed by atoms with van der Waals surface area (Å²) in [7, 11) is 0.